The molecule has 0 bridgehead atoms. The van der Waals surface area contributed by atoms with Gasteiger partial charge < -0.3 is 4.90 Å². The molecule has 0 saturated heterocycles. The second kappa shape index (κ2) is 9.46. The second-order valence-corrected chi connectivity index (χ2v) is 8.01. The van der Waals surface area contributed by atoms with Crippen molar-refractivity contribution in [2.75, 3.05) is 32.1 Å². The fourth-order valence-electron chi connectivity index (χ4n) is 2.57. The predicted octanol–water partition coefficient (Wildman–Crippen LogP) is 5.08. The molecule has 3 aromatic rings. The third-order valence-corrected chi connectivity index (χ3v) is 5.36. The summed E-state index contributed by atoms with van der Waals surface area (Å²) < 4.78 is 2.09. The van der Waals surface area contributed by atoms with Gasteiger partial charge in [-0.25, -0.2) is 4.98 Å². The summed E-state index contributed by atoms with van der Waals surface area (Å²) in [7, 11) is 4.08. The standard InChI is InChI=1S/C19H20BrN3OS.ClH/c1-22(2)11-6-12-23(18(24)14-7-4-3-5-8-14)19-21-16-10-9-15(20)13-17(16)25-19;/h3-5,7-10,13H,6,11-12H2,1-2H3;1H. The molecule has 0 radical (unpaired) electrons. The first-order valence-electron chi connectivity index (χ1n) is 8.12. The summed E-state index contributed by atoms with van der Waals surface area (Å²) in [6.45, 7) is 1.57. The van der Waals surface area contributed by atoms with Gasteiger partial charge in [0.05, 0.1) is 10.2 Å². The number of anilines is 1. The van der Waals surface area contributed by atoms with Crippen LogP contribution >= 0.6 is 39.7 Å². The lowest BCUT2D eigenvalue weighted by atomic mass is 10.2. The van der Waals surface area contributed by atoms with E-state index in [0.29, 0.717) is 12.1 Å². The molecule has 0 N–H and O–H groups in total. The van der Waals surface area contributed by atoms with Crippen LogP contribution in [0.1, 0.15) is 16.8 Å². The van der Waals surface area contributed by atoms with Gasteiger partial charge in [0.25, 0.3) is 5.91 Å². The molecular formula is C19H21BrClN3OS. The third-order valence-electron chi connectivity index (χ3n) is 3.82. The Hall–Kier alpha value is -1.47. The minimum Gasteiger partial charge on any atom is -0.309 e. The number of hydrogen-bond donors (Lipinski definition) is 0. The normalized spacial score (nSPS) is 10.8. The molecule has 0 atom stereocenters. The summed E-state index contributed by atoms with van der Waals surface area (Å²) in [6, 6.07) is 15.4. The van der Waals surface area contributed by atoms with E-state index < -0.39 is 0 Å². The fraction of sp³-hybridized carbons (Fsp3) is 0.263. The zero-order chi connectivity index (χ0) is 17.8. The monoisotopic (exact) mass is 453 g/mol. The average molecular weight is 455 g/mol. The fourth-order valence-corrected chi connectivity index (χ4v) is 4.11. The number of fused-ring (bicyclic) bond motifs is 1. The third kappa shape index (κ3) is 5.04. The van der Waals surface area contributed by atoms with E-state index in [1.165, 1.54) is 0 Å². The van der Waals surface area contributed by atoms with E-state index in [-0.39, 0.29) is 18.3 Å². The Bertz CT molecular complexity index is 870. The van der Waals surface area contributed by atoms with E-state index in [9.17, 15) is 4.79 Å². The number of thiazole rings is 1. The molecular weight excluding hydrogens is 434 g/mol. The summed E-state index contributed by atoms with van der Waals surface area (Å²) in [5.41, 5.74) is 1.61. The molecule has 1 amide bonds. The molecule has 0 aliphatic heterocycles. The highest BCUT2D eigenvalue weighted by molar-refractivity contribution is 9.10. The number of aromatic nitrogens is 1. The minimum absolute atomic E-state index is 0. The van der Waals surface area contributed by atoms with E-state index in [1.807, 2.05) is 62.6 Å². The largest absolute Gasteiger partial charge is 0.309 e. The van der Waals surface area contributed by atoms with Crippen molar-refractivity contribution < 1.29 is 4.79 Å². The van der Waals surface area contributed by atoms with Crippen LogP contribution in [0.4, 0.5) is 5.13 Å². The highest BCUT2D eigenvalue weighted by Gasteiger charge is 2.21. The Labute approximate surface area is 172 Å². The Balaban J connectivity index is 0.00000243. The highest BCUT2D eigenvalue weighted by atomic mass is 79.9. The molecule has 1 aromatic heterocycles. The number of carbonyl (C=O) groups excluding carboxylic acids is 1. The highest BCUT2D eigenvalue weighted by Crippen LogP contribution is 2.31. The average Bonchev–Trinajstić information content (AvgIpc) is 3.01. The number of carbonyl (C=O) groups is 1. The van der Waals surface area contributed by atoms with Crippen molar-refractivity contribution in [2.45, 2.75) is 6.42 Å². The number of halogens is 2. The summed E-state index contributed by atoms with van der Waals surface area (Å²) >= 11 is 5.05. The first-order valence-corrected chi connectivity index (χ1v) is 9.73. The predicted molar refractivity (Wildman–Crippen MR) is 116 cm³/mol. The van der Waals surface area contributed by atoms with Gasteiger partial charge in [0.2, 0.25) is 0 Å². The van der Waals surface area contributed by atoms with Gasteiger partial charge in [-0.2, -0.15) is 0 Å². The van der Waals surface area contributed by atoms with Crippen LogP contribution in [-0.2, 0) is 0 Å². The summed E-state index contributed by atoms with van der Waals surface area (Å²) in [5.74, 6) is -0.00234. The van der Waals surface area contributed by atoms with Crippen LogP contribution in [0, 0.1) is 0 Å². The van der Waals surface area contributed by atoms with Crippen molar-refractivity contribution in [2.24, 2.45) is 0 Å². The van der Waals surface area contributed by atoms with Gasteiger partial charge in [-0.1, -0.05) is 45.5 Å². The molecule has 7 heteroatoms. The lowest BCUT2D eigenvalue weighted by Gasteiger charge is -2.21. The van der Waals surface area contributed by atoms with Gasteiger partial charge in [-0.15, -0.1) is 12.4 Å². The van der Waals surface area contributed by atoms with E-state index in [2.05, 4.69) is 25.8 Å². The smallest absolute Gasteiger partial charge is 0.260 e. The SMILES string of the molecule is CN(C)CCCN(C(=O)c1ccccc1)c1nc2ccc(Br)cc2s1.Cl. The van der Waals surface area contributed by atoms with Crippen LogP contribution in [-0.4, -0.2) is 43.0 Å². The van der Waals surface area contributed by atoms with E-state index in [0.717, 1.165) is 32.8 Å². The van der Waals surface area contributed by atoms with Crippen molar-refractivity contribution >= 4 is 60.9 Å². The van der Waals surface area contributed by atoms with Crippen LogP contribution in [0.25, 0.3) is 10.2 Å². The lowest BCUT2D eigenvalue weighted by Crippen LogP contribution is -2.33. The molecule has 0 aliphatic rings. The molecule has 0 aliphatic carbocycles. The van der Waals surface area contributed by atoms with Crippen LogP contribution in [0.5, 0.6) is 0 Å². The maximum atomic E-state index is 13.0. The molecule has 0 spiro atoms. The number of amides is 1. The Morgan fingerprint density at radius 1 is 1.12 bits per heavy atom. The number of nitrogens with zero attached hydrogens (tertiary/aromatic N) is 3. The van der Waals surface area contributed by atoms with E-state index in [1.54, 1.807) is 16.2 Å². The molecule has 4 nitrogen and oxygen atoms in total. The molecule has 138 valence electrons. The van der Waals surface area contributed by atoms with Crippen LogP contribution in [0.15, 0.2) is 53.0 Å². The first kappa shape index (κ1) is 20.8. The molecule has 3 rings (SSSR count). The molecule has 0 unspecified atom stereocenters. The quantitative estimate of drug-likeness (QED) is 0.521. The molecule has 0 fully saturated rings. The van der Waals surface area contributed by atoms with Gasteiger partial charge in [-0.3, -0.25) is 9.69 Å². The van der Waals surface area contributed by atoms with Gasteiger partial charge in [0, 0.05) is 16.6 Å². The Kier molecular flexibility index (Phi) is 7.58. The van der Waals surface area contributed by atoms with Gasteiger partial charge in [-0.05, 0) is 57.4 Å². The molecule has 26 heavy (non-hydrogen) atoms. The van der Waals surface area contributed by atoms with Gasteiger partial charge in [0.1, 0.15) is 0 Å². The second-order valence-electron chi connectivity index (χ2n) is 6.09. The summed E-state index contributed by atoms with van der Waals surface area (Å²) in [6.07, 6.45) is 0.894. The van der Waals surface area contributed by atoms with E-state index in [4.69, 9.17) is 0 Å². The van der Waals surface area contributed by atoms with Gasteiger partial charge >= 0.3 is 0 Å². The maximum absolute atomic E-state index is 13.0. The zero-order valence-electron chi connectivity index (χ0n) is 14.7. The number of benzene rings is 2. The lowest BCUT2D eigenvalue weighted by molar-refractivity contribution is 0.0986. The molecule has 1 heterocycles. The van der Waals surface area contributed by atoms with Crippen molar-refractivity contribution in [3.8, 4) is 0 Å². The summed E-state index contributed by atoms with van der Waals surface area (Å²) in [4.78, 5) is 21.7. The first-order chi connectivity index (χ1) is 12.0. The van der Waals surface area contributed by atoms with E-state index >= 15 is 0 Å². The van der Waals surface area contributed by atoms with Crippen molar-refractivity contribution in [1.82, 2.24) is 9.88 Å². The Morgan fingerprint density at radius 3 is 2.54 bits per heavy atom. The van der Waals surface area contributed by atoms with Crippen LogP contribution in [0.3, 0.4) is 0 Å². The molecule has 0 saturated carbocycles. The topological polar surface area (TPSA) is 36.4 Å². The van der Waals surface area contributed by atoms with Crippen molar-refractivity contribution in [1.29, 1.82) is 0 Å². The summed E-state index contributed by atoms with van der Waals surface area (Å²) in [5, 5.41) is 0.751. The van der Waals surface area contributed by atoms with Gasteiger partial charge in [0.15, 0.2) is 5.13 Å². The van der Waals surface area contributed by atoms with Crippen molar-refractivity contribution in [3.05, 3.63) is 58.6 Å². The zero-order valence-corrected chi connectivity index (χ0v) is 17.9. The minimum atomic E-state index is -0.00234. The maximum Gasteiger partial charge on any atom is 0.260 e. The molecule has 2 aromatic carbocycles. The van der Waals surface area contributed by atoms with Crippen LogP contribution < -0.4 is 4.90 Å². The van der Waals surface area contributed by atoms with Crippen molar-refractivity contribution in [3.63, 3.8) is 0 Å². The number of rotatable bonds is 6. The van der Waals surface area contributed by atoms with Crippen LogP contribution in [0.2, 0.25) is 0 Å². The number of hydrogen-bond acceptors (Lipinski definition) is 4. The Morgan fingerprint density at radius 2 is 1.85 bits per heavy atom.